The summed E-state index contributed by atoms with van der Waals surface area (Å²) >= 11 is 0. The minimum Gasteiger partial charge on any atom is -0.337 e. The number of halogens is 1. The molecule has 1 aliphatic heterocycles. The maximum atomic E-state index is 12.8. The fraction of sp³-hybridized carbons (Fsp3) is 0.364. The lowest BCUT2D eigenvalue weighted by molar-refractivity contribution is 0.373. The number of sulfonamides is 1. The summed E-state index contributed by atoms with van der Waals surface area (Å²) in [5.41, 5.74) is 0.324. The van der Waals surface area contributed by atoms with Gasteiger partial charge in [-0.15, -0.1) is 0 Å². The first-order valence-corrected chi connectivity index (χ1v) is 7.39. The minimum absolute atomic E-state index is 0.0375. The Bertz CT molecular complexity index is 728. The molecule has 1 saturated heterocycles. The molecule has 0 bridgehead atoms. The van der Waals surface area contributed by atoms with E-state index in [1.807, 2.05) is 0 Å². The predicted octanol–water partition coefficient (Wildman–Crippen LogP) is 0.977. The molecule has 1 unspecified atom stereocenters. The normalized spacial score (nSPS) is 22.2. The van der Waals surface area contributed by atoms with Crippen molar-refractivity contribution in [1.29, 1.82) is 0 Å². The van der Waals surface area contributed by atoms with Gasteiger partial charge in [-0.05, 0) is 18.6 Å². The summed E-state index contributed by atoms with van der Waals surface area (Å²) in [6.45, 7) is 0.416. The molecule has 3 heterocycles. The van der Waals surface area contributed by atoms with Gasteiger partial charge < -0.3 is 4.52 Å². The van der Waals surface area contributed by atoms with E-state index in [-0.39, 0.29) is 11.7 Å². The zero-order valence-corrected chi connectivity index (χ0v) is 11.3. The lowest BCUT2D eigenvalue weighted by Gasteiger charge is -2.07. The number of hydrogen-bond donors (Lipinski definition) is 0. The summed E-state index contributed by atoms with van der Waals surface area (Å²) in [4.78, 5) is 7.87. The van der Waals surface area contributed by atoms with Crippen molar-refractivity contribution in [3.05, 3.63) is 30.0 Å². The van der Waals surface area contributed by atoms with Crippen molar-refractivity contribution >= 4 is 10.0 Å². The van der Waals surface area contributed by atoms with Crippen LogP contribution in [0.3, 0.4) is 0 Å². The highest BCUT2D eigenvalue weighted by atomic mass is 32.2. The number of pyridine rings is 1. The summed E-state index contributed by atoms with van der Waals surface area (Å²) in [5.74, 6) is -0.294. The van der Waals surface area contributed by atoms with Gasteiger partial charge in [0, 0.05) is 13.6 Å². The smallest absolute Gasteiger partial charge is 0.246 e. The molecule has 0 spiro atoms. The Morgan fingerprint density at radius 1 is 1.45 bits per heavy atom. The van der Waals surface area contributed by atoms with E-state index < -0.39 is 21.1 Å². The fourth-order valence-electron chi connectivity index (χ4n) is 2.02. The highest BCUT2D eigenvalue weighted by molar-refractivity contribution is 7.89. The second kappa shape index (κ2) is 4.60. The Morgan fingerprint density at radius 3 is 2.85 bits per heavy atom. The van der Waals surface area contributed by atoms with E-state index in [0.29, 0.717) is 18.7 Å². The van der Waals surface area contributed by atoms with Crippen LogP contribution in [0.4, 0.5) is 4.39 Å². The van der Waals surface area contributed by atoms with E-state index in [2.05, 4.69) is 15.1 Å². The summed E-state index contributed by atoms with van der Waals surface area (Å²) in [7, 11) is -1.93. The van der Waals surface area contributed by atoms with Gasteiger partial charge >= 0.3 is 0 Å². The van der Waals surface area contributed by atoms with Gasteiger partial charge in [0.25, 0.3) is 0 Å². The van der Waals surface area contributed by atoms with Crippen LogP contribution in [0.5, 0.6) is 0 Å². The number of aromatic nitrogens is 3. The van der Waals surface area contributed by atoms with E-state index in [1.54, 1.807) is 0 Å². The topological polar surface area (TPSA) is 89.2 Å². The molecule has 0 radical (unpaired) electrons. The molecule has 0 N–H and O–H groups in total. The predicted molar refractivity (Wildman–Crippen MR) is 66.4 cm³/mol. The minimum atomic E-state index is -3.44. The van der Waals surface area contributed by atoms with E-state index in [1.165, 1.54) is 23.5 Å². The zero-order chi connectivity index (χ0) is 14.3. The largest absolute Gasteiger partial charge is 0.337 e. The molecule has 7 nitrogen and oxygen atoms in total. The van der Waals surface area contributed by atoms with Gasteiger partial charge in [-0.25, -0.2) is 22.1 Å². The summed E-state index contributed by atoms with van der Waals surface area (Å²) < 4.78 is 43.1. The van der Waals surface area contributed by atoms with E-state index >= 15 is 0 Å². The van der Waals surface area contributed by atoms with Gasteiger partial charge in [-0.1, -0.05) is 5.16 Å². The number of hydrogen-bond acceptors (Lipinski definition) is 6. The molecule has 106 valence electrons. The Kier molecular flexibility index (Phi) is 3.02. The molecule has 1 fully saturated rings. The molecule has 0 amide bonds. The van der Waals surface area contributed by atoms with Crippen molar-refractivity contribution in [1.82, 2.24) is 19.4 Å². The van der Waals surface area contributed by atoms with Gasteiger partial charge in [0.05, 0.1) is 6.20 Å². The lowest BCUT2D eigenvalue weighted by Crippen LogP contribution is -2.22. The van der Waals surface area contributed by atoms with Crippen molar-refractivity contribution in [3.8, 4) is 11.5 Å². The summed E-state index contributed by atoms with van der Waals surface area (Å²) in [5, 5.41) is 2.87. The Labute approximate surface area is 114 Å². The van der Waals surface area contributed by atoms with Crippen LogP contribution in [-0.2, 0) is 10.0 Å². The van der Waals surface area contributed by atoms with Gasteiger partial charge in [0.2, 0.25) is 21.7 Å². The summed E-state index contributed by atoms with van der Waals surface area (Å²) in [6, 6.07) is 2.62. The first-order chi connectivity index (χ1) is 9.48. The van der Waals surface area contributed by atoms with Crippen LogP contribution in [-0.4, -0.2) is 41.4 Å². The van der Waals surface area contributed by atoms with Crippen LogP contribution >= 0.6 is 0 Å². The Balaban J connectivity index is 1.93. The molecule has 1 aliphatic rings. The van der Waals surface area contributed by atoms with Gasteiger partial charge in [-0.2, -0.15) is 4.98 Å². The number of nitrogens with zero attached hydrogens (tertiary/aromatic N) is 4. The molecule has 0 saturated carbocycles. The Morgan fingerprint density at radius 2 is 2.25 bits per heavy atom. The molecule has 1 atom stereocenters. The highest BCUT2D eigenvalue weighted by Crippen LogP contribution is 2.33. The van der Waals surface area contributed by atoms with Crippen LogP contribution in [0.1, 0.15) is 17.6 Å². The molecular formula is C11H11FN4O3S. The van der Waals surface area contributed by atoms with Gasteiger partial charge in [0.1, 0.15) is 11.5 Å². The van der Waals surface area contributed by atoms with Crippen LogP contribution < -0.4 is 0 Å². The molecule has 9 heteroatoms. The molecular weight excluding hydrogens is 287 g/mol. The van der Waals surface area contributed by atoms with Crippen molar-refractivity contribution in [2.75, 3.05) is 13.6 Å². The van der Waals surface area contributed by atoms with Crippen LogP contribution in [0, 0.1) is 5.82 Å². The average Bonchev–Trinajstić information content (AvgIpc) is 2.97. The first-order valence-electron chi connectivity index (χ1n) is 5.89. The monoisotopic (exact) mass is 298 g/mol. The zero-order valence-electron chi connectivity index (χ0n) is 10.5. The van der Waals surface area contributed by atoms with Crippen molar-refractivity contribution in [3.63, 3.8) is 0 Å². The molecule has 2 aromatic heterocycles. The third kappa shape index (κ3) is 2.08. The van der Waals surface area contributed by atoms with E-state index in [9.17, 15) is 12.8 Å². The van der Waals surface area contributed by atoms with Gasteiger partial charge in [-0.3, -0.25) is 0 Å². The van der Waals surface area contributed by atoms with E-state index in [0.717, 1.165) is 6.20 Å². The second-order valence-electron chi connectivity index (χ2n) is 4.46. The third-order valence-corrected chi connectivity index (χ3v) is 5.38. The quantitative estimate of drug-likeness (QED) is 0.821. The standard InChI is InChI=1S/C11H11FN4O3S/c1-16-5-4-9(20(16,17)18)11-14-10(15-19-11)8-3-2-7(12)6-13-8/h2-3,6,9H,4-5H2,1H3. The van der Waals surface area contributed by atoms with Gasteiger partial charge in [0.15, 0.2) is 5.25 Å². The molecule has 2 aromatic rings. The van der Waals surface area contributed by atoms with Crippen molar-refractivity contribution < 1.29 is 17.3 Å². The fourth-order valence-corrected chi connectivity index (χ4v) is 3.57. The average molecular weight is 298 g/mol. The second-order valence-corrected chi connectivity index (χ2v) is 6.68. The molecule has 20 heavy (non-hydrogen) atoms. The van der Waals surface area contributed by atoms with Crippen LogP contribution in [0.15, 0.2) is 22.9 Å². The maximum absolute atomic E-state index is 12.8. The lowest BCUT2D eigenvalue weighted by atomic mass is 10.3. The maximum Gasteiger partial charge on any atom is 0.246 e. The molecule has 0 aromatic carbocycles. The summed E-state index contributed by atoms with van der Waals surface area (Å²) in [6.07, 6.45) is 1.43. The molecule has 0 aliphatic carbocycles. The first kappa shape index (κ1) is 13.1. The van der Waals surface area contributed by atoms with Crippen molar-refractivity contribution in [2.45, 2.75) is 11.7 Å². The van der Waals surface area contributed by atoms with Crippen LogP contribution in [0.25, 0.3) is 11.5 Å². The van der Waals surface area contributed by atoms with Crippen LogP contribution in [0.2, 0.25) is 0 Å². The third-order valence-electron chi connectivity index (χ3n) is 3.17. The SMILES string of the molecule is CN1CCC(c2nc(-c3ccc(F)cn3)no2)S1(=O)=O. The molecule has 3 rings (SSSR count). The highest BCUT2D eigenvalue weighted by Gasteiger charge is 2.41. The number of rotatable bonds is 2. The Hall–Kier alpha value is -1.87. The van der Waals surface area contributed by atoms with Crippen molar-refractivity contribution in [2.24, 2.45) is 0 Å². The van der Waals surface area contributed by atoms with E-state index in [4.69, 9.17) is 4.52 Å².